The minimum atomic E-state index is -0.684. The molecule has 5 heteroatoms. The highest BCUT2D eigenvalue weighted by atomic mass is 79.9. The molecule has 1 atom stereocenters. The Kier molecular flexibility index (Phi) is 5.99. The molecule has 1 fully saturated rings. The van der Waals surface area contributed by atoms with Crippen molar-refractivity contribution in [2.24, 2.45) is 5.92 Å². The summed E-state index contributed by atoms with van der Waals surface area (Å²) in [4.78, 5) is 13.7. The monoisotopic (exact) mass is 417 g/mol. The number of rotatable bonds is 5. The van der Waals surface area contributed by atoms with Crippen LogP contribution in [0, 0.1) is 12.8 Å². The lowest BCUT2D eigenvalue weighted by atomic mass is 9.90. The third kappa shape index (κ3) is 4.10. The van der Waals surface area contributed by atoms with Crippen molar-refractivity contribution in [3.63, 3.8) is 0 Å². The molecule has 1 saturated heterocycles. The van der Waals surface area contributed by atoms with Crippen LogP contribution in [-0.2, 0) is 4.79 Å². The quantitative estimate of drug-likeness (QED) is 0.768. The third-order valence-corrected chi connectivity index (χ3v) is 5.58. The van der Waals surface area contributed by atoms with Gasteiger partial charge in [0.1, 0.15) is 5.75 Å². The van der Waals surface area contributed by atoms with Crippen LogP contribution in [-0.4, -0.2) is 36.2 Å². The normalized spacial score (nSPS) is 17.0. The molecule has 0 spiro atoms. The van der Waals surface area contributed by atoms with Crippen molar-refractivity contribution in [2.45, 2.75) is 25.8 Å². The molecular formula is C21H24BrNO3. The zero-order chi connectivity index (χ0) is 18.7. The molecule has 4 nitrogen and oxygen atoms in total. The van der Waals surface area contributed by atoms with Crippen LogP contribution in [0.4, 0.5) is 0 Å². The summed E-state index contributed by atoms with van der Waals surface area (Å²) in [5.41, 5.74) is 3.51. The number of carboxylic acid groups (broad SMARTS) is 1. The van der Waals surface area contributed by atoms with Gasteiger partial charge in [0.25, 0.3) is 0 Å². The van der Waals surface area contributed by atoms with Crippen molar-refractivity contribution < 1.29 is 14.6 Å². The van der Waals surface area contributed by atoms with Gasteiger partial charge in [0, 0.05) is 10.0 Å². The van der Waals surface area contributed by atoms with Crippen molar-refractivity contribution in [1.29, 1.82) is 0 Å². The number of benzene rings is 2. The first-order valence-corrected chi connectivity index (χ1v) is 9.65. The lowest BCUT2D eigenvalue weighted by Gasteiger charge is -2.37. The molecule has 1 unspecified atom stereocenters. The largest absolute Gasteiger partial charge is 0.496 e. The first-order valence-electron chi connectivity index (χ1n) is 8.86. The standard InChI is InChI=1S/C21H24BrNO3/c1-14-4-3-5-16(12-14)20(18-13-17(22)6-7-19(18)26-2)23-10-8-15(9-11-23)21(24)25/h3-7,12-13,15,20H,8-11H2,1-2H3,(H,24,25). The van der Waals surface area contributed by atoms with Gasteiger partial charge in [-0.3, -0.25) is 9.69 Å². The van der Waals surface area contributed by atoms with Crippen LogP contribution in [0.5, 0.6) is 5.75 Å². The summed E-state index contributed by atoms with van der Waals surface area (Å²) < 4.78 is 6.65. The van der Waals surface area contributed by atoms with E-state index in [0.29, 0.717) is 12.8 Å². The summed E-state index contributed by atoms with van der Waals surface area (Å²) in [6.07, 6.45) is 1.35. The maximum absolute atomic E-state index is 11.3. The minimum absolute atomic E-state index is 0.0390. The maximum Gasteiger partial charge on any atom is 0.306 e. The van der Waals surface area contributed by atoms with E-state index >= 15 is 0 Å². The highest BCUT2D eigenvalue weighted by Crippen LogP contribution is 2.38. The lowest BCUT2D eigenvalue weighted by Crippen LogP contribution is -2.39. The molecule has 1 N–H and O–H groups in total. The topological polar surface area (TPSA) is 49.8 Å². The van der Waals surface area contributed by atoms with Crippen LogP contribution < -0.4 is 4.74 Å². The van der Waals surface area contributed by atoms with E-state index < -0.39 is 5.97 Å². The molecular weight excluding hydrogens is 394 g/mol. The molecule has 0 bridgehead atoms. The molecule has 2 aromatic rings. The summed E-state index contributed by atoms with van der Waals surface area (Å²) in [5.74, 6) is -0.0781. The van der Waals surface area contributed by atoms with Gasteiger partial charge in [0.05, 0.1) is 19.1 Å². The fraction of sp³-hybridized carbons (Fsp3) is 0.381. The average molecular weight is 418 g/mol. The Morgan fingerprint density at radius 1 is 1.23 bits per heavy atom. The number of piperidine rings is 1. The van der Waals surface area contributed by atoms with E-state index in [1.165, 1.54) is 11.1 Å². The first-order chi connectivity index (χ1) is 12.5. The fourth-order valence-corrected chi connectivity index (χ4v) is 4.13. The number of ether oxygens (including phenoxy) is 1. The van der Waals surface area contributed by atoms with Crippen molar-refractivity contribution in [3.8, 4) is 5.75 Å². The summed E-state index contributed by atoms with van der Waals surface area (Å²) in [7, 11) is 1.69. The molecule has 26 heavy (non-hydrogen) atoms. The van der Waals surface area contributed by atoms with Gasteiger partial charge in [-0.25, -0.2) is 0 Å². The maximum atomic E-state index is 11.3. The molecule has 2 aromatic carbocycles. The molecule has 3 rings (SSSR count). The van der Waals surface area contributed by atoms with E-state index in [2.05, 4.69) is 58.1 Å². The number of methoxy groups -OCH3 is 1. The van der Waals surface area contributed by atoms with E-state index in [1.54, 1.807) is 7.11 Å². The molecule has 0 saturated carbocycles. The van der Waals surface area contributed by atoms with Crippen LogP contribution in [0.25, 0.3) is 0 Å². The van der Waals surface area contributed by atoms with Gasteiger partial charge in [0.15, 0.2) is 0 Å². The van der Waals surface area contributed by atoms with Crippen LogP contribution >= 0.6 is 15.9 Å². The van der Waals surface area contributed by atoms with Crippen LogP contribution in [0.1, 0.15) is 35.6 Å². The summed E-state index contributed by atoms with van der Waals surface area (Å²) in [6.45, 7) is 3.60. The SMILES string of the molecule is COc1ccc(Br)cc1C(c1cccc(C)c1)N1CCC(C(=O)O)CC1. The predicted octanol–water partition coefficient (Wildman–Crippen LogP) is 4.65. The number of carbonyl (C=O) groups is 1. The second kappa shape index (κ2) is 8.23. The molecule has 1 aliphatic rings. The van der Waals surface area contributed by atoms with Crippen LogP contribution in [0.2, 0.25) is 0 Å². The van der Waals surface area contributed by atoms with Crippen LogP contribution in [0.3, 0.4) is 0 Å². The number of hydrogen-bond donors (Lipinski definition) is 1. The third-order valence-electron chi connectivity index (χ3n) is 5.09. The number of aryl methyl sites for hydroxylation is 1. The Labute approximate surface area is 162 Å². The first kappa shape index (κ1) is 18.9. The Balaban J connectivity index is 2.01. The lowest BCUT2D eigenvalue weighted by molar-refractivity contribution is -0.143. The summed E-state index contributed by atoms with van der Waals surface area (Å²) in [6, 6.07) is 14.6. The smallest absolute Gasteiger partial charge is 0.306 e. The van der Waals surface area contributed by atoms with Crippen molar-refractivity contribution in [1.82, 2.24) is 4.90 Å². The number of carboxylic acids is 1. The molecule has 138 valence electrons. The number of likely N-dealkylation sites (tertiary alicyclic amines) is 1. The average Bonchev–Trinajstić information content (AvgIpc) is 2.63. The van der Waals surface area contributed by atoms with Gasteiger partial charge in [-0.1, -0.05) is 45.8 Å². The number of nitrogens with zero attached hydrogens (tertiary/aromatic N) is 1. The summed E-state index contributed by atoms with van der Waals surface area (Å²) >= 11 is 3.58. The highest BCUT2D eigenvalue weighted by molar-refractivity contribution is 9.10. The van der Waals surface area contributed by atoms with Crippen molar-refractivity contribution in [3.05, 3.63) is 63.6 Å². The summed E-state index contributed by atoms with van der Waals surface area (Å²) in [5, 5.41) is 9.31. The van der Waals surface area contributed by atoms with E-state index in [1.807, 2.05) is 12.1 Å². The van der Waals surface area contributed by atoms with Crippen molar-refractivity contribution >= 4 is 21.9 Å². The van der Waals surface area contributed by atoms with Gasteiger partial charge in [-0.2, -0.15) is 0 Å². The molecule has 0 aliphatic carbocycles. The van der Waals surface area contributed by atoms with Crippen molar-refractivity contribution in [2.75, 3.05) is 20.2 Å². The van der Waals surface area contributed by atoms with E-state index in [4.69, 9.17) is 4.74 Å². The minimum Gasteiger partial charge on any atom is -0.496 e. The van der Waals surface area contributed by atoms with Gasteiger partial charge in [-0.15, -0.1) is 0 Å². The Hall–Kier alpha value is -1.85. The second-order valence-corrected chi connectivity index (χ2v) is 7.77. The van der Waals surface area contributed by atoms with E-state index in [0.717, 1.165) is 28.9 Å². The molecule has 0 radical (unpaired) electrons. The second-order valence-electron chi connectivity index (χ2n) is 6.85. The number of aliphatic carboxylic acids is 1. The predicted molar refractivity (Wildman–Crippen MR) is 106 cm³/mol. The zero-order valence-corrected chi connectivity index (χ0v) is 16.7. The Bertz CT molecular complexity index is 785. The molecule has 0 amide bonds. The van der Waals surface area contributed by atoms with Gasteiger partial charge < -0.3 is 9.84 Å². The molecule has 1 heterocycles. The van der Waals surface area contributed by atoms with Gasteiger partial charge >= 0.3 is 5.97 Å². The van der Waals surface area contributed by atoms with E-state index in [-0.39, 0.29) is 12.0 Å². The van der Waals surface area contributed by atoms with E-state index in [9.17, 15) is 9.90 Å². The highest BCUT2D eigenvalue weighted by Gasteiger charge is 2.31. The molecule has 0 aromatic heterocycles. The zero-order valence-electron chi connectivity index (χ0n) is 15.1. The van der Waals surface area contributed by atoms with Gasteiger partial charge in [0.2, 0.25) is 0 Å². The molecule has 1 aliphatic heterocycles. The number of hydrogen-bond acceptors (Lipinski definition) is 3. The number of halogens is 1. The Morgan fingerprint density at radius 2 is 1.96 bits per heavy atom. The van der Waals surface area contributed by atoms with Crippen LogP contribution in [0.15, 0.2) is 46.9 Å². The van der Waals surface area contributed by atoms with Gasteiger partial charge in [-0.05, 0) is 56.6 Å². The fourth-order valence-electron chi connectivity index (χ4n) is 3.75. The Morgan fingerprint density at radius 3 is 2.58 bits per heavy atom.